The van der Waals surface area contributed by atoms with Crippen molar-refractivity contribution in [3.63, 3.8) is 0 Å². The first-order valence-electron chi connectivity index (χ1n) is 12.5. The van der Waals surface area contributed by atoms with Crippen LogP contribution in [0.1, 0.15) is 50.3 Å². The first kappa shape index (κ1) is 25.8. The molecule has 4 rings (SSSR count). The number of amides is 1. The van der Waals surface area contributed by atoms with Crippen molar-refractivity contribution in [2.24, 2.45) is 0 Å². The van der Waals surface area contributed by atoms with Crippen LogP contribution in [0.2, 0.25) is 0 Å². The smallest absolute Gasteiger partial charge is 0.303 e. The van der Waals surface area contributed by atoms with Crippen LogP contribution in [-0.2, 0) is 9.59 Å². The molecule has 1 atom stereocenters. The van der Waals surface area contributed by atoms with Crippen LogP contribution in [0.3, 0.4) is 0 Å². The number of carboxylic acid groups (broad SMARTS) is 1. The van der Waals surface area contributed by atoms with Crippen molar-refractivity contribution in [1.29, 1.82) is 0 Å². The van der Waals surface area contributed by atoms with Gasteiger partial charge >= 0.3 is 5.97 Å². The summed E-state index contributed by atoms with van der Waals surface area (Å²) in [5.74, 6) is -0.604. The molecule has 0 saturated carbocycles. The number of carbonyl (C=O) groups excluding carboxylic acids is 1. The zero-order valence-corrected chi connectivity index (χ0v) is 21.2. The number of nitrogens with one attached hydrogen (secondary N) is 1. The number of nitrogens with zero attached hydrogens (tertiary/aromatic N) is 1. The van der Waals surface area contributed by atoms with Gasteiger partial charge in [0.1, 0.15) is 5.75 Å². The fourth-order valence-electron chi connectivity index (χ4n) is 4.50. The van der Waals surface area contributed by atoms with Gasteiger partial charge in [-0.25, -0.2) is 0 Å². The van der Waals surface area contributed by atoms with Crippen molar-refractivity contribution < 1.29 is 19.4 Å². The molecule has 37 heavy (non-hydrogen) atoms. The van der Waals surface area contributed by atoms with Crippen molar-refractivity contribution >= 4 is 34.0 Å². The fourth-order valence-corrected chi connectivity index (χ4v) is 4.50. The molecule has 0 aliphatic rings. The summed E-state index contributed by atoms with van der Waals surface area (Å²) in [4.78, 5) is 23.5. The van der Waals surface area contributed by atoms with Crippen LogP contribution in [0.5, 0.6) is 5.75 Å². The molecular weight excluding hydrogens is 464 g/mol. The highest BCUT2D eigenvalue weighted by Gasteiger charge is 2.14. The first-order valence-corrected chi connectivity index (χ1v) is 12.5. The average molecular weight is 497 g/mol. The summed E-state index contributed by atoms with van der Waals surface area (Å²) in [6, 6.07) is 26.3. The molecule has 0 spiro atoms. The molecule has 0 aliphatic carbocycles. The molecular formula is C31H32N2O4. The van der Waals surface area contributed by atoms with E-state index in [9.17, 15) is 9.59 Å². The second-order valence-corrected chi connectivity index (χ2v) is 8.99. The van der Waals surface area contributed by atoms with Crippen LogP contribution in [0.4, 0.5) is 5.69 Å². The molecule has 0 bridgehead atoms. The molecule has 0 fully saturated rings. The minimum atomic E-state index is -0.859. The van der Waals surface area contributed by atoms with E-state index in [-0.39, 0.29) is 25.0 Å². The number of rotatable bonds is 11. The Morgan fingerprint density at radius 1 is 1.03 bits per heavy atom. The summed E-state index contributed by atoms with van der Waals surface area (Å²) >= 11 is 0. The van der Waals surface area contributed by atoms with Crippen LogP contribution in [-0.4, -0.2) is 28.2 Å². The van der Waals surface area contributed by atoms with Gasteiger partial charge in [0.15, 0.2) is 0 Å². The quantitative estimate of drug-likeness (QED) is 0.174. The Balaban J connectivity index is 1.48. The lowest BCUT2D eigenvalue weighted by Crippen LogP contribution is -2.11. The van der Waals surface area contributed by atoms with Gasteiger partial charge in [0, 0.05) is 29.6 Å². The molecule has 0 radical (unpaired) electrons. The van der Waals surface area contributed by atoms with Gasteiger partial charge in [-0.1, -0.05) is 55.5 Å². The van der Waals surface area contributed by atoms with Crippen LogP contribution < -0.4 is 10.1 Å². The van der Waals surface area contributed by atoms with E-state index in [1.165, 1.54) is 5.56 Å². The second kappa shape index (κ2) is 12.1. The van der Waals surface area contributed by atoms with E-state index in [1.807, 2.05) is 25.1 Å². The molecule has 1 amide bonds. The van der Waals surface area contributed by atoms with Crippen LogP contribution in [0.15, 0.2) is 91.1 Å². The maximum atomic E-state index is 12.8. The number of anilines is 1. The number of hydrogen-bond donors (Lipinski definition) is 2. The minimum Gasteiger partial charge on any atom is -0.491 e. The second-order valence-electron chi connectivity index (χ2n) is 8.99. The highest BCUT2D eigenvalue weighted by Crippen LogP contribution is 2.30. The van der Waals surface area contributed by atoms with Crippen molar-refractivity contribution in [2.45, 2.75) is 39.2 Å². The lowest BCUT2D eigenvalue weighted by Gasteiger charge is -2.19. The number of aromatic nitrogens is 1. The maximum Gasteiger partial charge on any atom is 0.303 e. The Bertz CT molecular complexity index is 1410. The number of carbonyl (C=O) groups is 2. The Hall–Kier alpha value is -4.32. The summed E-state index contributed by atoms with van der Waals surface area (Å²) in [7, 11) is 0. The van der Waals surface area contributed by atoms with Gasteiger partial charge in [-0.05, 0) is 66.8 Å². The number of benzene rings is 3. The Kier molecular flexibility index (Phi) is 8.41. The van der Waals surface area contributed by atoms with E-state index in [0.717, 1.165) is 28.5 Å². The van der Waals surface area contributed by atoms with Gasteiger partial charge in [-0.2, -0.15) is 0 Å². The molecule has 1 heterocycles. The molecule has 6 nitrogen and oxygen atoms in total. The topological polar surface area (TPSA) is 80.6 Å². The third-order valence-corrected chi connectivity index (χ3v) is 6.37. The zero-order valence-electron chi connectivity index (χ0n) is 21.2. The Morgan fingerprint density at radius 3 is 2.54 bits per heavy atom. The standard InChI is InChI=1S/C31H32N2O4/c1-3-27(23-10-5-4-6-11-23)33-18-17-25-21-24(15-16-28(25)33)22(2)20-30(34)32-26-12-7-8-13-29(26)37-19-9-14-31(35)36/h4-8,10-13,15-18,20-21,27H,3,9,14,19H2,1-2H3,(H,32,34)(H,35,36). The van der Waals surface area contributed by atoms with Gasteiger partial charge in [0.25, 0.3) is 0 Å². The van der Waals surface area contributed by atoms with Crippen molar-refractivity contribution in [3.05, 3.63) is 102 Å². The van der Waals surface area contributed by atoms with Gasteiger partial charge in [0.05, 0.1) is 18.3 Å². The molecule has 0 aliphatic heterocycles. The number of fused-ring (bicyclic) bond motifs is 1. The van der Waals surface area contributed by atoms with E-state index < -0.39 is 5.97 Å². The van der Waals surface area contributed by atoms with E-state index in [1.54, 1.807) is 18.2 Å². The van der Waals surface area contributed by atoms with Crippen molar-refractivity contribution in [2.75, 3.05) is 11.9 Å². The molecule has 3 aromatic carbocycles. The van der Waals surface area contributed by atoms with Gasteiger partial charge in [-0.3, -0.25) is 9.59 Å². The Morgan fingerprint density at radius 2 is 1.78 bits per heavy atom. The Labute approximate surface area is 217 Å². The molecule has 2 N–H and O–H groups in total. The molecule has 1 unspecified atom stereocenters. The normalized spacial score (nSPS) is 12.3. The third-order valence-electron chi connectivity index (χ3n) is 6.37. The maximum absolute atomic E-state index is 12.8. The van der Waals surface area contributed by atoms with E-state index in [2.05, 4.69) is 71.5 Å². The molecule has 1 aromatic heterocycles. The van der Waals surface area contributed by atoms with E-state index in [4.69, 9.17) is 9.84 Å². The summed E-state index contributed by atoms with van der Waals surface area (Å²) < 4.78 is 8.00. The molecule has 0 saturated heterocycles. The third kappa shape index (κ3) is 6.47. The summed E-state index contributed by atoms with van der Waals surface area (Å²) in [6.07, 6.45) is 5.13. The molecule has 190 valence electrons. The summed E-state index contributed by atoms with van der Waals surface area (Å²) in [5, 5.41) is 12.8. The van der Waals surface area contributed by atoms with E-state index >= 15 is 0 Å². The number of allylic oxidation sites excluding steroid dienone is 1. The van der Waals surface area contributed by atoms with E-state index in [0.29, 0.717) is 17.9 Å². The van der Waals surface area contributed by atoms with Gasteiger partial charge in [-0.15, -0.1) is 0 Å². The molecule has 6 heteroatoms. The highest BCUT2D eigenvalue weighted by molar-refractivity contribution is 6.04. The number of ether oxygens (including phenoxy) is 1. The lowest BCUT2D eigenvalue weighted by atomic mass is 10.0. The minimum absolute atomic E-state index is 0.0372. The fraction of sp³-hybridized carbons (Fsp3) is 0.226. The lowest BCUT2D eigenvalue weighted by molar-refractivity contribution is -0.137. The van der Waals surface area contributed by atoms with Gasteiger partial charge in [0.2, 0.25) is 5.91 Å². The number of para-hydroxylation sites is 2. The number of hydrogen-bond acceptors (Lipinski definition) is 3. The first-order chi connectivity index (χ1) is 18.0. The highest BCUT2D eigenvalue weighted by atomic mass is 16.5. The van der Waals surface area contributed by atoms with Crippen LogP contribution >= 0.6 is 0 Å². The summed E-state index contributed by atoms with van der Waals surface area (Å²) in [6.45, 7) is 4.38. The largest absolute Gasteiger partial charge is 0.491 e. The van der Waals surface area contributed by atoms with Crippen LogP contribution in [0, 0.1) is 0 Å². The predicted molar refractivity (Wildman–Crippen MR) is 148 cm³/mol. The zero-order chi connectivity index (χ0) is 26.2. The predicted octanol–water partition coefficient (Wildman–Crippen LogP) is 6.93. The van der Waals surface area contributed by atoms with Gasteiger partial charge < -0.3 is 19.7 Å². The number of aliphatic carboxylic acids is 1. The number of carboxylic acids is 1. The van der Waals surface area contributed by atoms with Crippen molar-refractivity contribution in [1.82, 2.24) is 4.57 Å². The molecule has 4 aromatic rings. The van der Waals surface area contributed by atoms with Crippen LogP contribution in [0.25, 0.3) is 16.5 Å². The average Bonchev–Trinajstić information content (AvgIpc) is 3.31. The summed E-state index contributed by atoms with van der Waals surface area (Å²) in [5.41, 5.74) is 4.82. The van der Waals surface area contributed by atoms with Crippen molar-refractivity contribution in [3.8, 4) is 5.75 Å². The monoisotopic (exact) mass is 496 g/mol. The SMILES string of the molecule is CCC(c1ccccc1)n1ccc2cc(C(C)=CC(=O)Nc3ccccc3OCCCC(=O)O)ccc21.